The first-order chi connectivity index (χ1) is 15.3. The minimum absolute atomic E-state index is 0.0515. The van der Waals surface area contributed by atoms with Crippen molar-refractivity contribution in [1.29, 1.82) is 5.26 Å². The molecule has 0 saturated heterocycles. The van der Waals surface area contributed by atoms with E-state index in [-0.39, 0.29) is 18.8 Å². The van der Waals surface area contributed by atoms with E-state index in [0.717, 1.165) is 11.1 Å². The van der Waals surface area contributed by atoms with Crippen LogP contribution in [0, 0.1) is 28.7 Å². The number of nitriles is 1. The summed E-state index contributed by atoms with van der Waals surface area (Å²) in [5.74, 6) is -0.181. The number of carbonyl (C=O) groups is 2. The number of halogens is 1. The van der Waals surface area contributed by atoms with Gasteiger partial charge in [-0.25, -0.2) is 4.79 Å². The van der Waals surface area contributed by atoms with Gasteiger partial charge in [0.25, 0.3) is 5.91 Å². The second kappa shape index (κ2) is 12.1. The van der Waals surface area contributed by atoms with E-state index in [4.69, 9.17) is 14.2 Å². The Morgan fingerprint density at radius 3 is 2.53 bits per heavy atom. The number of amides is 1. The minimum Gasteiger partial charge on any atom is -0.490 e. The zero-order chi connectivity index (χ0) is 23.7. The lowest BCUT2D eigenvalue weighted by Gasteiger charge is -2.14. The van der Waals surface area contributed by atoms with Crippen molar-refractivity contribution in [2.75, 3.05) is 25.1 Å². The first-order valence-electron chi connectivity index (χ1n) is 10.0. The van der Waals surface area contributed by atoms with E-state index in [9.17, 15) is 14.9 Å². The molecule has 0 heterocycles. The van der Waals surface area contributed by atoms with Crippen LogP contribution in [0.2, 0.25) is 0 Å². The molecule has 8 heteroatoms. The normalized spacial score (nSPS) is 10.8. The zero-order valence-electron chi connectivity index (χ0n) is 18.5. The molecule has 0 aromatic heterocycles. The molecule has 0 fully saturated rings. The first-order valence-corrected chi connectivity index (χ1v) is 11.1. The molecule has 0 bridgehead atoms. The average molecular weight is 548 g/mol. The van der Waals surface area contributed by atoms with Crippen molar-refractivity contribution in [1.82, 2.24) is 0 Å². The van der Waals surface area contributed by atoms with Crippen LogP contribution < -0.4 is 14.8 Å². The summed E-state index contributed by atoms with van der Waals surface area (Å²) < 4.78 is 16.8. The van der Waals surface area contributed by atoms with Crippen LogP contribution in [0.25, 0.3) is 6.08 Å². The summed E-state index contributed by atoms with van der Waals surface area (Å²) in [6.45, 7) is 7.75. The van der Waals surface area contributed by atoms with Crippen molar-refractivity contribution >= 4 is 46.2 Å². The average Bonchev–Trinajstić information content (AvgIpc) is 2.74. The lowest BCUT2D eigenvalue weighted by atomic mass is 10.1. The van der Waals surface area contributed by atoms with E-state index in [1.165, 1.54) is 6.08 Å². The van der Waals surface area contributed by atoms with Gasteiger partial charge in [-0.05, 0) is 91.3 Å². The number of ether oxygens (including phenoxy) is 3. The summed E-state index contributed by atoms with van der Waals surface area (Å²) >= 11 is 2.05. The van der Waals surface area contributed by atoms with E-state index >= 15 is 0 Å². The smallest absolute Gasteiger partial charge is 0.344 e. The van der Waals surface area contributed by atoms with Crippen molar-refractivity contribution in [2.45, 2.75) is 27.7 Å². The predicted octanol–water partition coefficient (Wildman–Crippen LogP) is 4.79. The van der Waals surface area contributed by atoms with Crippen molar-refractivity contribution in [3.63, 3.8) is 0 Å². The Labute approximate surface area is 201 Å². The maximum atomic E-state index is 12.7. The number of benzene rings is 2. The molecule has 32 heavy (non-hydrogen) atoms. The molecule has 0 aliphatic carbocycles. The highest BCUT2D eigenvalue weighted by Crippen LogP contribution is 2.35. The number of nitrogens with one attached hydrogen (secondary N) is 1. The molecule has 1 N–H and O–H groups in total. The number of rotatable bonds is 9. The van der Waals surface area contributed by atoms with Gasteiger partial charge in [-0.2, -0.15) is 5.26 Å². The molecule has 7 nitrogen and oxygen atoms in total. The van der Waals surface area contributed by atoms with Crippen molar-refractivity contribution in [3.8, 4) is 17.6 Å². The molecule has 2 rings (SSSR count). The quantitative estimate of drug-likeness (QED) is 0.210. The summed E-state index contributed by atoms with van der Waals surface area (Å²) in [5, 5.41) is 12.4. The Morgan fingerprint density at radius 1 is 1.12 bits per heavy atom. The lowest BCUT2D eigenvalue weighted by Crippen LogP contribution is -2.16. The third-order valence-corrected chi connectivity index (χ3v) is 5.09. The highest BCUT2D eigenvalue weighted by Gasteiger charge is 2.16. The summed E-state index contributed by atoms with van der Waals surface area (Å²) in [6, 6.07) is 11.1. The summed E-state index contributed by atoms with van der Waals surface area (Å²) in [4.78, 5) is 24.3. The number of hydrogen-bond donors (Lipinski definition) is 1. The maximum absolute atomic E-state index is 12.7. The van der Waals surface area contributed by atoms with Crippen molar-refractivity contribution < 1.29 is 23.8 Å². The van der Waals surface area contributed by atoms with Gasteiger partial charge in [-0.15, -0.1) is 0 Å². The van der Waals surface area contributed by atoms with Crippen LogP contribution in [0.15, 0.2) is 35.9 Å². The van der Waals surface area contributed by atoms with Gasteiger partial charge >= 0.3 is 5.97 Å². The predicted molar refractivity (Wildman–Crippen MR) is 131 cm³/mol. The maximum Gasteiger partial charge on any atom is 0.344 e. The molecule has 0 aliphatic heterocycles. The van der Waals surface area contributed by atoms with Crippen LogP contribution in [0.3, 0.4) is 0 Å². The number of aryl methyl sites for hydroxylation is 2. The standard InChI is InChI=1S/C24H25IN2O5/c1-5-30-21-12-17(11-19(25)23(21)32-14-22(28)31-6-2)10-18(13-26)24(29)27-20-9-15(3)7-8-16(20)4/h7-12H,5-6,14H2,1-4H3,(H,27,29)/b18-10+. The second-order valence-corrected chi connectivity index (χ2v) is 7.96. The van der Waals surface area contributed by atoms with E-state index in [0.29, 0.717) is 32.9 Å². The third-order valence-electron chi connectivity index (χ3n) is 4.29. The van der Waals surface area contributed by atoms with Crippen LogP contribution >= 0.6 is 22.6 Å². The topological polar surface area (TPSA) is 97.7 Å². The highest BCUT2D eigenvalue weighted by molar-refractivity contribution is 14.1. The van der Waals surface area contributed by atoms with Crippen LogP contribution in [-0.2, 0) is 14.3 Å². The fourth-order valence-corrected chi connectivity index (χ4v) is 3.56. The van der Waals surface area contributed by atoms with E-state index in [1.807, 2.05) is 45.0 Å². The Balaban J connectivity index is 2.31. The highest BCUT2D eigenvalue weighted by atomic mass is 127. The van der Waals surface area contributed by atoms with Crippen LogP contribution in [0.5, 0.6) is 11.5 Å². The van der Waals surface area contributed by atoms with Crippen LogP contribution in [0.1, 0.15) is 30.5 Å². The largest absolute Gasteiger partial charge is 0.490 e. The minimum atomic E-state index is -0.503. The second-order valence-electron chi connectivity index (χ2n) is 6.80. The van der Waals surface area contributed by atoms with Gasteiger partial charge in [-0.1, -0.05) is 12.1 Å². The zero-order valence-corrected chi connectivity index (χ0v) is 20.6. The first kappa shape index (κ1) is 25.2. The Morgan fingerprint density at radius 2 is 1.88 bits per heavy atom. The van der Waals surface area contributed by atoms with Gasteiger partial charge in [0.05, 0.1) is 16.8 Å². The molecule has 0 spiro atoms. The summed E-state index contributed by atoms with van der Waals surface area (Å²) in [5.41, 5.74) is 3.10. The molecular formula is C24H25IN2O5. The molecule has 0 unspecified atom stereocenters. The fourth-order valence-electron chi connectivity index (χ4n) is 2.78. The summed E-state index contributed by atoms with van der Waals surface area (Å²) in [7, 11) is 0. The van der Waals surface area contributed by atoms with E-state index in [1.54, 1.807) is 19.1 Å². The molecule has 2 aromatic rings. The van der Waals surface area contributed by atoms with Crippen molar-refractivity contribution in [2.24, 2.45) is 0 Å². The monoisotopic (exact) mass is 548 g/mol. The molecule has 0 radical (unpaired) electrons. The summed E-state index contributed by atoms with van der Waals surface area (Å²) in [6.07, 6.45) is 1.49. The number of carbonyl (C=O) groups excluding carboxylic acids is 2. The van der Waals surface area contributed by atoms with Gasteiger partial charge in [-0.3, -0.25) is 4.79 Å². The Hall–Kier alpha value is -3.06. The van der Waals surface area contributed by atoms with Gasteiger partial charge in [0, 0.05) is 5.69 Å². The van der Waals surface area contributed by atoms with E-state index < -0.39 is 11.9 Å². The Bertz CT molecular complexity index is 1070. The molecular weight excluding hydrogens is 523 g/mol. The van der Waals surface area contributed by atoms with Crippen LogP contribution in [-0.4, -0.2) is 31.7 Å². The molecule has 168 valence electrons. The van der Waals surface area contributed by atoms with Gasteiger partial charge in [0.1, 0.15) is 11.6 Å². The molecule has 0 atom stereocenters. The van der Waals surface area contributed by atoms with E-state index in [2.05, 4.69) is 27.9 Å². The molecule has 1 amide bonds. The number of anilines is 1. The van der Waals surface area contributed by atoms with Gasteiger partial charge < -0.3 is 19.5 Å². The van der Waals surface area contributed by atoms with Crippen molar-refractivity contribution in [3.05, 3.63) is 56.2 Å². The molecule has 0 saturated carbocycles. The third kappa shape index (κ3) is 6.99. The van der Waals surface area contributed by atoms with Gasteiger partial charge in [0.2, 0.25) is 0 Å². The fraction of sp³-hybridized carbons (Fsp3) is 0.292. The SMILES string of the molecule is CCOC(=O)COc1c(I)cc(/C=C(\C#N)C(=O)Nc2cc(C)ccc2C)cc1OCC. The molecule has 2 aromatic carbocycles. The number of hydrogen-bond acceptors (Lipinski definition) is 6. The number of nitrogens with zero attached hydrogens (tertiary/aromatic N) is 1. The Kier molecular flexibility index (Phi) is 9.53. The molecule has 0 aliphatic rings. The van der Waals surface area contributed by atoms with Crippen LogP contribution in [0.4, 0.5) is 5.69 Å². The number of esters is 1. The van der Waals surface area contributed by atoms with Gasteiger partial charge in [0.15, 0.2) is 18.1 Å². The lowest BCUT2D eigenvalue weighted by molar-refractivity contribution is -0.145.